The van der Waals surface area contributed by atoms with Crippen molar-refractivity contribution in [2.45, 2.75) is 6.17 Å². The van der Waals surface area contributed by atoms with Gasteiger partial charge in [-0.25, -0.2) is 0 Å². The van der Waals surface area contributed by atoms with Crippen LogP contribution in [0.2, 0.25) is 0 Å². The quantitative estimate of drug-likeness (QED) is 0.512. The van der Waals surface area contributed by atoms with Gasteiger partial charge in [0.1, 0.15) is 6.17 Å². The standard InChI is InChI=1S/C11H15N3O2/c1-14(9-5-3-2-4-6-9)11(8-15)13-7-10(12)16/h2-6,8,11,13H,7H2,1H3,(H2,12,16). The van der Waals surface area contributed by atoms with Crippen molar-refractivity contribution in [2.75, 3.05) is 18.5 Å². The van der Waals surface area contributed by atoms with Crippen LogP contribution < -0.4 is 16.0 Å². The number of rotatable bonds is 6. The van der Waals surface area contributed by atoms with Gasteiger partial charge in [0.05, 0.1) is 6.54 Å². The first kappa shape index (κ1) is 12.2. The SMILES string of the molecule is CN(c1ccccc1)C(C=O)NCC(N)=O. The van der Waals surface area contributed by atoms with Gasteiger partial charge in [-0.15, -0.1) is 0 Å². The lowest BCUT2D eigenvalue weighted by Crippen LogP contribution is -2.47. The third-order valence-electron chi connectivity index (χ3n) is 2.20. The van der Waals surface area contributed by atoms with Crippen molar-refractivity contribution in [3.05, 3.63) is 30.3 Å². The number of primary amides is 1. The van der Waals surface area contributed by atoms with E-state index < -0.39 is 12.1 Å². The molecule has 0 bridgehead atoms. The van der Waals surface area contributed by atoms with E-state index in [1.165, 1.54) is 0 Å². The molecule has 1 amide bonds. The minimum atomic E-state index is -0.560. The van der Waals surface area contributed by atoms with Gasteiger partial charge >= 0.3 is 0 Å². The molecular weight excluding hydrogens is 206 g/mol. The number of carbonyl (C=O) groups excluding carboxylic acids is 2. The van der Waals surface area contributed by atoms with E-state index in [1.54, 1.807) is 11.9 Å². The van der Waals surface area contributed by atoms with Crippen LogP contribution in [0.1, 0.15) is 0 Å². The number of amides is 1. The Bertz CT molecular complexity index is 354. The third-order valence-corrected chi connectivity index (χ3v) is 2.20. The van der Waals surface area contributed by atoms with E-state index in [-0.39, 0.29) is 6.54 Å². The molecule has 1 unspecified atom stereocenters. The second kappa shape index (κ2) is 5.87. The van der Waals surface area contributed by atoms with Crippen LogP contribution in [0, 0.1) is 0 Å². The fourth-order valence-corrected chi connectivity index (χ4v) is 1.31. The maximum absolute atomic E-state index is 10.9. The number of hydrogen-bond donors (Lipinski definition) is 2. The van der Waals surface area contributed by atoms with Crippen molar-refractivity contribution in [3.8, 4) is 0 Å². The molecule has 86 valence electrons. The molecule has 1 aromatic rings. The molecule has 1 aromatic carbocycles. The second-order valence-electron chi connectivity index (χ2n) is 3.37. The first-order chi connectivity index (χ1) is 7.65. The predicted octanol–water partition coefficient (Wildman–Crippen LogP) is -0.277. The van der Waals surface area contributed by atoms with E-state index in [0.29, 0.717) is 0 Å². The molecule has 0 aromatic heterocycles. The highest BCUT2D eigenvalue weighted by molar-refractivity contribution is 5.77. The lowest BCUT2D eigenvalue weighted by Gasteiger charge is -2.26. The van der Waals surface area contributed by atoms with Crippen molar-refractivity contribution in [1.29, 1.82) is 0 Å². The van der Waals surface area contributed by atoms with E-state index in [2.05, 4.69) is 5.32 Å². The summed E-state index contributed by atoms with van der Waals surface area (Å²) in [6.45, 7) is -0.0272. The summed E-state index contributed by atoms with van der Waals surface area (Å²) >= 11 is 0. The average Bonchev–Trinajstić information content (AvgIpc) is 2.30. The molecule has 0 heterocycles. The molecule has 0 aliphatic carbocycles. The van der Waals surface area contributed by atoms with Crippen LogP contribution in [0.15, 0.2) is 30.3 Å². The Morgan fingerprint density at radius 3 is 2.62 bits per heavy atom. The summed E-state index contributed by atoms with van der Waals surface area (Å²) in [5, 5.41) is 2.75. The number of likely N-dealkylation sites (N-methyl/N-ethyl adjacent to an activating group) is 1. The molecule has 0 aliphatic rings. The summed E-state index contributed by atoms with van der Waals surface area (Å²) < 4.78 is 0. The zero-order chi connectivity index (χ0) is 12.0. The fourth-order valence-electron chi connectivity index (χ4n) is 1.31. The topological polar surface area (TPSA) is 75.4 Å². The Balaban J connectivity index is 2.66. The number of para-hydroxylation sites is 1. The summed E-state index contributed by atoms with van der Waals surface area (Å²) in [4.78, 5) is 23.2. The van der Waals surface area contributed by atoms with E-state index in [9.17, 15) is 9.59 Å². The molecule has 0 fully saturated rings. The predicted molar refractivity (Wildman–Crippen MR) is 61.9 cm³/mol. The van der Waals surface area contributed by atoms with Crippen LogP contribution in [0.5, 0.6) is 0 Å². The van der Waals surface area contributed by atoms with Crippen LogP contribution in [0.4, 0.5) is 5.69 Å². The molecule has 0 aliphatic heterocycles. The molecule has 0 saturated carbocycles. The van der Waals surface area contributed by atoms with Gasteiger partial charge in [0.25, 0.3) is 0 Å². The lowest BCUT2D eigenvalue weighted by molar-refractivity contribution is -0.117. The highest BCUT2D eigenvalue weighted by atomic mass is 16.1. The van der Waals surface area contributed by atoms with E-state index in [0.717, 1.165) is 12.0 Å². The van der Waals surface area contributed by atoms with Gasteiger partial charge in [0.15, 0.2) is 6.29 Å². The van der Waals surface area contributed by atoms with Crippen molar-refractivity contribution < 1.29 is 9.59 Å². The van der Waals surface area contributed by atoms with Crippen molar-refractivity contribution in [1.82, 2.24) is 5.32 Å². The van der Waals surface area contributed by atoms with Crippen LogP contribution >= 0.6 is 0 Å². The molecule has 0 saturated heterocycles. The molecule has 1 rings (SSSR count). The number of nitrogens with one attached hydrogen (secondary N) is 1. The summed E-state index contributed by atoms with van der Waals surface area (Å²) in [5.41, 5.74) is 5.88. The third kappa shape index (κ3) is 3.36. The van der Waals surface area contributed by atoms with Gasteiger partial charge in [0, 0.05) is 12.7 Å². The lowest BCUT2D eigenvalue weighted by atomic mass is 10.3. The molecule has 16 heavy (non-hydrogen) atoms. The number of anilines is 1. The van der Waals surface area contributed by atoms with Crippen molar-refractivity contribution in [3.63, 3.8) is 0 Å². The average molecular weight is 221 g/mol. The minimum Gasteiger partial charge on any atom is -0.369 e. The van der Waals surface area contributed by atoms with Crippen LogP contribution in [-0.2, 0) is 9.59 Å². The molecular formula is C11H15N3O2. The van der Waals surface area contributed by atoms with Crippen LogP contribution in [0.25, 0.3) is 0 Å². The first-order valence-corrected chi connectivity index (χ1v) is 4.90. The zero-order valence-electron chi connectivity index (χ0n) is 9.09. The van der Waals surface area contributed by atoms with Gasteiger partial charge in [0.2, 0.25) is 5.91 Å². The normalized spacial score (nSPS) is 11.8. The number of nitrogens with two attached hydrogens (primary N) is 1. The van der Waals surface area contributed by atoms with Gasteiger partial charge in [-0.3, -0.25) is 14.9 Å². The molecule has 0 radical (unpaired) electrons. The Morgan fingerprint density at radius 2 is 2.12 bits per heavy atom. The monoisotopic (exact) mass is 221 g/mol. The Labute approximate surface area is 94.2 Å². The number of nitrogens with zero attached hydrogens (tertiary/aromatic N) is 1. The zero-order valence-corrected chi connectivity index (χ0v) is 9.09. The number of benzene rings is 1. The maximum Gasteiger partial charge on any atom is 0.231 e. The van der Waals surface area contributed by atoms with Crippen molar-refractivity contribution in [2.24, 2.45) is 5.73 Å². The summed E-state index contributed by atoms with van der Waals surface area (Å²) in [7, 11) is 1.77. The second-order valence-corrected chi connectivity index (χ2v) is 3.37. The maximum atomic E-state index is 10.9. The summed E-state index contributed by atoms with van der Waals surface area (Å²) in [6, 6.07) is 9.40. The molecule has 0 spiro atoms. The molecule has 3 N–H and O–H groups in total. The van der Waals surface area contributed by atoms with E-state index in [4.69, 9.17) is 5.73 Å². The number of hydrogen-bond acceptors (Lipinski definition) is 4. The summed E-state index contributed by atoms with van der Waals surface area (Å²) in [5.74, 6) is -0.492. The number of aldehydes is 1. The van der Waals surface area contributed by atoms with Gasteiger partial charge < -0.3 is 10.6 Å². The summed E-state index contributed by atoms with van der Waals surface area (Å²) in [6.07, 6.45) is 0.172. The Kier molecular flexibility index (Phi) is 4.47. The molecule has 5 heteroatoms. The Morgan fingerprint density at radius 1 is 1.50 bits per heavy atom. The Hall–Kier alpha value is -1.88. The van der Waals surface area contributed by atoms with E-state index in [1.807, 2.05) is 30.3 Å². The smallest absolute Gasteiger partial charge is 0.231 e. The highest BCUT2D eigenvalue weighted by Gasteiger charge is 2.13. The number of carbonyl (C=O) groups is 2. The largest absolute Gasteiger partial charge is 0.369 e. The van der Waals surface area contributed by atoms with Gasteiger partial charge in [-0.05, 0) is 12.1 Å². The first-order valence-electron chi connectivity index (χ1n) is 4.90. The fraction of sp³-hybridized carbons (Fsp3) is 0.273. The van der Waals surface area contributed by atoms with Crippen LogP contribution in [-0.4, -0.2) is 32.0 Å². The van der Waals surface area contributed by atoms with Crippen molar-refractivity contribution >= 4 is 17.9 Å². The van der Waals surface area contributed by atoms with Gasteiger partial charge in [-0.2, -0.15) is 0 Å². The van der Waals surface area contributed by atoms with E-state index >= 15 is 0 Å². The molecule has 1 atom stereocenters. The van der Waals surface area contributed by atoms with Gasteiger partial charge in [-0.1, -0.05) is 18.2 Å². The highest BCUT2D eigenvalue weighted by Crippen LogP contribution is 2.11. The minimum absolute atomic E-state index is 0.0272. The molecule has 5 nitrogen and oxygen atoms in total. The van der Waals surface area contributed by atoms with Crippen LogP contribution in [0.3, 0.4) is 0 Å².